The third-order valence-electron chi connectivity index (χ3n) is 4.94. The monoisotopic (exact) mass is 402 g/mol. The number of esters is 1. The molecular weight excluding hydrogens is 380 g/mol. The molecule has 1 aliphatic carbocycles. The van der Waals surface area contributed by atoms with Gasteiger partial charge in [0.2, 0.25) is 10.0 Å². The zero-order valence-electron chi connectivity index (χ0n) is 15.5. The Morgan fingerprint density at radius 2 is 1.82 bits per heavy atom. The molecule has 2 aromatic carbocycles. The molecule has 1 amide bonds. The average molecular weight is 402 g/mol. The topological polar surface area (TPSA) is 107 Å². The molecule has 0 spiro atoms. The van der Waals surface area contributed by atoms with E-state index in [1.807, 2.05) is 18.2 Å². The number of nitrogens with two attached hydrogens (primary N) is 1. The molecule has 7 nitrogen and oxygen atoms in total. The molecule has 0 radical (unpaired) electrons. The first-order chi connectivity index (χ1) is 13.3. The van der Waals surface area contributed by atoms with Gasteiger partial charge in [0.05, 0.1) is 16.5 Å². The van der Waals surface area contributed by atoms with E-state index in [9.17, 15) is 18.0 Å². The molecule has 1 aliphatic rings. The SMILES string of the molecule is CN(C(=O)COC(=O)c1ccc(S(N)(=O)=O)cc1)C1CCCc2ccccc21. The van der Waals surface area contributed by atoms with E-state index in [-0.39, 0.29) is 29.0 Å². The number of sulfonamides is 1. The maximum atomic E-state index is 12.5. The van der Waals surface area contributed by atoms with Gasteiger partial charge in [0.1, 0.15) is 0 Å². The zero-order chi connectivity index (χ0) is 20.3. The van der Waals surface area contributed by atoms with Crippen LogP contribution >= 0.6 is 0 Å². The highest BCUT2D eigenvalue weighted by atomic mass is 32.2. The van der Waals surface area contributed by atoms with Crippen molar-refractivity contribution in [2.75, 3.05) is 13.7 Å². The summed E-state index contributed by atoms with van der Waals surface area (Å²) in [6, 6.07) is 13.1. The van der Waals surface area contributed by atoms with Crippen LogP contribution in [0, 0.1) is 0 Å². The Morgan fingerprint density at radius 1 is 1.14 bits per heavy atom. The molecule has 0 bridgehead atoms. The van der Waals surface area contributed by atoms with Gasteiger partial charge < -0.3 is 9.64 Å². The molecule has 148 valence electrons. The van der Waals surface area contributed by atoms with Gasteiger partial charge in [-0.1, -0.05) is 24.3 Å². The number of ether oxygens (including phenoxy) is 1. The molecule has 1 atom stereocenters. The molecule has 0 saturated carbocycles. The average Bonchev–Trinajstić information content (AvgIpc) is 2.70. The Labute approximate surface area is 164 Å². The van der Waals surface area contributed by atoms with E-state index in [4.69, 9.17) is 9.88 Å². The van der Waals surface area contributed by atoms with Crippen LogP contribution < -0.4 is 5.14 Å². The van der Waals surface area contributed by atoms with Crippen LogP contribution in [0.5, 0.6) is 0 Å². The Bertz CT molecular complexity index is 986. The summed E-state index contributed by atoms with van der Waals surface area (Å²) in [6.07, 6.45) is 2.86. The van der Waals surface area contributed by atoms with Gasteiger partial charge in [0.25, 0.3) is 5.91 Å². The molecule has 0 saturated heterocycles. The van der Waals surface area contributed by atoms with Gasteiger partial charge in [-0.15, -0.1) is 0 Å². The molecule has 1 unspecified atom stereocenters. The lowest BCUT2D eigenvalue weighted by Crippen LogP contribution is -2.36. The second-order valence-corrected chi connectivity index (χ2v) is 8.32. The number of fused-ring (bicyclic) bond motifs is 1. The summed E-state index contributed by atoms with van der Waals surface area (Å²) < 4.78 is 27.6. The van der Waals surface area contributed by atoms with E-state index < -0.39 is 16.0 Å². The minimum Gasteiger partial charge on any atom is -0.452 e. The summed E-state index contributed by atoms with van der Waals surface area (Å²) in [7, 11) is -2.12. The fourth-order valence-corrected chi connectivity index (χ4v) is 3.91. The third-order valence-corrected chi connectivity index (χ3v) is 5.87. The molecule has 2 aromatic rings. The summed E-state index contributed by atoms with van der Waals surface area (Å²) in [6.45, 7) is -0.384. The number of primary sulfonamides is 1. The lowest BCUT2D eigenvalue weighted by Gasteiger charge is -2.33. The number of hydrogen-bond acceptors (Lipinski definition) is 5. The third kappa shape index (κ3) is 4.40. The number of likely N-dealkylation sites (N-methyl/N-ethyl adjacent to an activating group) is 1. The maximum absolute atomic E-state index is 12.5. The van der Waals surface area contributed by atoms with Crippen LogP contribution in [-0.4, -0.2) is 38.8 Å². The van der Waals surface area contributed by atoms with Crippen LogP contribution in [0.3, 0.4) is 0 Å². The molecule has 2 N–H and O–H groups in total. The van der Waals surface area contributed by atoms with Gasteiger partial charge in [0.15, 0.2) is 6.61 Å². The lowest BCUT2D eigenvalue weighted by molar-refractivity contribution is -0.135. The van der Waals surface area contributed by atoms with Crippen molar-refractivity contribution in [2.24, 2.45) is 5.14 Å². The smallest absolute Gasteiger partial charge is 0.338 e. The number of aryl methyl sites for hydroxylation is 1. The minimum absolute atomic E-state index is 0.0369. The summed E-state index contributed by atoms with van der Waals surface area (Å²) in [5.41, 5.74) is 2.52. The van der Waals surface area contributed by atoms with Gasteiger partial charge in [-0.2, -0.15) is 0 Å². The Hall–Kier alpha value is -2.71. The van der Waals surface area contributed by atoms with Crippen molar-refractivity contribution in [1.29, 1.82) is 0 Å². The van der Waals surface area contributed by atoms with Crippen molar-refractivity contribution < 1.29 is 22.7 Å². The lowest BCUT2D eigenvalue weighted by atomic mass is 9.87. The molecular formula is C20H22N2O5S. The van der Waals surface area contributed by atoms with E-state index in [1.54, 1.807) is 11.9 Å². The first-order valence-corrected chi connectivity index (χ1v) is 10.5. The van der Waals surface area contributed by atoms with Crippen molar-refractivity contribution in [3.05, 3.63) is 65.2 Å². The Morgan fingerprint density at radius 3 is 2.50 bits per heavy atom. The number of benzene rings is 2. The van der Waals surface area contributed by atoms with Crippen LogP contribution in [0.15, 0.2) is 53.4 Å². The Balaban J connectivity index is 1.62. The highest BCUT2D eigenvalue weighted by Crippen LogP contribution is 2.33. The molecule has 28 heavy (non-hydrogen) atoms. The van der Waals surface area contributed by atoms with Gasteiger partial charge in [-0.3, -0.25) is 4.79 Å². The van der Waals surface area contributed by atoms with Gasteiger partial charge >= 0.3 is 5.97 Å². The van der Waals surface area contributed by atoms with Crippen LogP contribution in [0.1, 0.15) is 40.4 Å². The molecule has 0 aliphatic heterocycles. The van der Waals surface area contributed by atoms with E-state index >= 15 is 0 Å². The van der Waals surface area contributed by atoms with E-state index in [0.29, 0.717) is 0 Å². The van der Waals surface area contributed by atoms with E-state index in [1.165, 1.54) is 29.8 Å². The molecule has 0 heterocycles. The van der Waals surface area contributed by atoms with Crippen molar-refractivity contribution in [2.45, 2.75) is 30.2 Å². The molecule has 3 rings (SSSR count). The van der Waals surface area contributed by atoms with Crippen LogP contribution in [-0.2, 0) is 26.0 Å². The number of amides is 1. The quantitative estimate of drug-likeness (QED) is 0.770. The van der Waals surface area contributed by atoms with Crippen molar-refractivity contribution in [3.8, 4) is 0 Å². The minimum atomic E-state index is -3.83. The van der Waals surface area contributed by atoms with Gasteiger partial charge in [0, 0.05) is 7.05 Å². The van der Waals surface area contributed by atoms with Crippen LogP contribution in [0.4, 0.5) is 0 Å². The molecule has 8 heteroatoms. The number of rotatable bonds is 5. The highest BCUT2D eigenvalue weighted by molar-refractivity contribution is 7.89. The first kappa shape index (κ1) is 20.0. The van der Waals surface area contributed by atoms with Crippen molar-refractivity contribution in [3.63, 3.8) is 0 Å². The number of carbonyl (C=O) groups is 2. The molecule has 0 fully saturated rings. The van der Waals surface area contributed by atoms with Crippen molar-refractivity contribution in [1.82, 2.24) is 4.90 Å². The fraction of sp³-hybridized carbons (Fsp3) is 0.300. The summed E-state index contributed by atoms with van der Waals surface area (Å²) in [5, 5.41) is 5.03. The summed E-state index contributed by atoms with van der Waals surface area (Å²) >= 11 is 0. The van der Waals surface area contributed by atoms with Crippen LogP contribution in [0.2, 0.25) is 0 Å². The number of hydrogen-bond donors (Lipinski definition) is 1. The van der Waals surface area contributed by atoms with Gasteiger partial charge in [-0.05, 0) is 54.7 Å². The van der Waals surface area contributed by atoms with Gasteiger partial charge in [-0.25, -0.2) is 18.4 Å². The zero-order valence-corrected chi connectivity index (χ0v) is 16.3. The summed E-state index contributed by atoms with van der Waals surface area (Å²) in [4.78, 5) is 26.2. The largest absolute Gasteiger partial charge is 0.452 e. The number of carbonyl (C=O) groups excluding carboxylic acids is 2. The normalized spacial score (nSPS) is 16.1. The second-order valence-electron chi connectivity index (χ2n) is 6.76. The predicted molar refractivity (Wildman–Crippen MR) is 103 cm³/mol. The maximum Gasteiger partial charge on any atom is 0.338 e. The van der Waals surface area contributed by atoms with E-state index in [2.05, 4.69) is 6.07 Å². The Kier molecular flexibility index (Phi) is 5.81. The van der Waals surface area contributed by atoms with Crippen molar-refractivity contribution >= 4 is 21.9 Å². The second kappa shape index (κ2) is 8.12. The summed E-state index contributed by atoms with van der Waals surface area (Å²) in [5.74, 6) is -0.997. The fourth-order valence-electron chi connectivity index (χ4n) is 3.40. The molecule has 0 aromatic heterocycles. The first-order valence-electron chi connectivity index (χ1n) is 8.91. The highest BCUT2D eigenvalue weighted by Gasteiger charge is 2.27. The standard InChI is InChI=1S/C20H22N2O5S/c1-22(18-8-4-6-14-5-2-3-7-17(14)18)19(23)13-27-20(24)15-9-11-16(12-10-15)28(21,25)26/h2-3,5,7,9-12,18H,4,6,8,13H2,1H3,(H2,21,25,26). The van der Waals surface area contributed by atoms with Crippen LogP contribution in [0.25, 0.3) is 0 Å². The predicted octanol–water partition coefficient (Wildman–Crippen LogP) is 2.03. The van der Waals surface area contributed by atoms with E-state index in [0.717, 1.165) is 24.8 Å². The number of nitrogens with zero attached hydrogens (tertiary/aromatic N) is 1.